The van der Waals surface area contributed by atoms with E-state index in [2.05, 4.69) is 11.4 Å². The first-order chi connectivity index (χ1) is 10.1. The largest absolute Gasteiger partial charge is 0.341 e. The van der Waals surface area contributed by atoms with E-state index in [9.17, 15) is 4.79 Å². The van der Waals surface area contributed by atoms with Gasteiger partial charge in [0.15, 0.2) is 0 Å². The van der Waals surface area contributed by atoms with Crippen LogP contribution >= 0.6 is 0 Å². The molecule has 2 unspecified atom stereocenters. The summed E-state index contributed by atoms with van der Waals surface area (Å²) in [6.45, 7) is 5.70. The van der Waals surface area contributed by atoms with Crippen molar-refractivity contribution in [2.45, 2.75) is 45.2 Å². The van der Waals surface area contributed by atoms with Crippen LogP contribution in [0.1, 0.15) is 50.3 Å². The van der Waals surface area contributed by atoms with Gasteiger partial charge in [0.1, 0.15) is 0 Å². The second kappa shape index (κ2) is 7.24. The van der Waals surface area contributed by atoms with E-state index >= 15 is 0 Å². The molecule has 1 saturated heterocycles. The predicted molar refractivity (Wildman–Crippen MR) is 82.6 cm³/mol. The second-order valence-corrected chi connectivity index (χ2v) is 5.73. The van der Waals surface area contributed by atoms with Crippen LogP contribution in [0.2, 0.25) is 0 Å². The predicted octanol–water partition coefficient (Wildman–Crippen LogP) is 2.61. The summed E-state index contributed by atoms with van der Waals surface area (Å²) in [5, 5.41) is 12.3. The Kier molecular flexibility index (Phi) is 5.35. The number of piperidine rings is 1. The number of nitrogens with zero attached hydrogens (tertiary/aromatic N) is 2. The molecule has 0 aromatic heterocycles. The molecule has 0 spiro atoms. The smallest absolute Gasteiger partial charge is 0.239 e. The minimum absolute atomic E-state index is 0.0436. The highest BCUT2D eigenvalue weighted by Gasteiger charge is 2.23. The Morgan fingerprint density at radius 2 is 2.00 bits per heavy atom. The molecule has 1 amide bonds. The fourth-order valence-corrected chi connectivity index (χ4v) is 2.81. The molecule has 21 heavy (non-hydrogen) atoms. The molecule has 2 rings (SSSR count). The third kappa shape index (κ3) is 4.05. The van der Waals surface area contributed by atoms with Gasteiger partial charge in [-0.3, -0.25) is 10.1 Å². The van der Waals surface area contributed by atoms with E-state index < -0.39 is 0 Å². The number of carbonyl (C=O) groups is 1. The number of likely N-dealkylation sites (tertiary alicyclic amines) is 1. The van der Waals surface area contributed by atoms with Crippen LogP contribution in [0, 0.1) is 11.3 Å². The fraction of sp³-hybridized carbons (Fsp3) is 0.529. The van der Waals surface area contributed by atoms with Crippen molar-refractivity contribution in [2.75, 3.05) is 13.1 Å². The minimum Gasteiger partial charge on any atom is -0.341 e. The average Bonchev–Trinajstić information content (AvgIpc) is 2.54. The van der Waals surface area contributed by atoms with Gasteiger partial charge in [-0.25, -0.2) is 0 Å². The molecule has 0 aliphatic carbocycles. The van der Waals surface area contributed by atoms with Crippen LogP contribution in [0.4, 0.5) is 0 Å². The molecular formula is C17H23N3O. The number of rotatable bonds is 4. The van der Waals surface area contributed by atoms with Gasteiger partial charge >= 0.3 is 0 Å². The van der Waals surface area contributed by atoms with Gasteiger partial charge in [-0.1, -0.05) is 12.1 Å². The Hall–Kier alpha value is -1.86. The summed E-state index contributed by atoms with van der Waals surface area (Å²) in [6.07, 6.45) is 3.44. The van der Waals surface area contributed by atoms with Crippen molar-refractivity contribution in [2.24, 2.45) is 0 Å². The van der Waals surface area contributed by atoms with E-state index in [1.807, 2.05) is 36.9 Å². The molecule has 0 saturated carbocycles. The second-order valence-electron chi connectivity index (χ2n) is 5.73. The third-order valence-electron chi connectivity index (χ3n) is 4.05. The van der Waals surface area contributed by atoms with Crippen molar-refractivity contribution in [3.63, 3.8) is 0 Å². The Bertz CT molecular complexity index is 529. The number of amides is 1. The molecule has 0 bridgehead atoms. The van der Waals surface area contributed by atoms with Gasteiger partial charge in [0, 0.05) is 19.1 Å². The zero-order valence-corrected chi connectivity index (χ0v) is 12.8. The molecule has 1 aromatic carbocycles. The molecule has 1 N–H and O–H groups in total. The van der Waals surface area contributed by atoms with Crippen molar-refractivity contribution in [3.8, 4) is 6.07 Å². The lowest BCUT2D eigenvalue weighted by Gasteiger charge is -2.30. The maximum absolute atomic E-state index is 12.4. The molecule has 1 aromatic rings. The highest BCUT2D eigenvalue weighted by atomic mass is 16.2. The molecule has 1 aliphatic heterocycles. The Morgan fingerprint density at radius 3 is 2.67 bits per heavy atom. The van der Waals surface area contributed by atoms with Crippen molar-refractivity contribution >= 4 is 5.91 Å². The van der Waals surface area contributed by atoms with Crippen molar-refractivity contribution in [3.05, 3.63) is 35.4 Å². The zero-order chi connectivity index (χ0) is 15.2. The molecular weight excluding hydrogens is 262 g/mol. The van der Waals surface area contributed by atoms with E-state index in [-0.39, 0.29) is 18.0 Å². The van der Waals surface area contributed by atoms with Crippen LogP contribution < -0.4 is 5.32 Å². The van der Waals surface area contributed by atoms with Gasteiger partial charge in [0.05, 0.1) is 17.7 Å². The number of carbonyl (C=O) groups excluding carboxylic acids is 1. The summed E-state index contributed by atoms with van der Waals surface area (Å²) in [5.41, 5.74) is 1.68. The lowest BCUT2D eigenvalue weighted by molar-refractivity contribution is -0.134. The third-order valence-corrected chi connectivity index (χ3v) is 4.05. The van der Waals surface area contributed by atoms with E-state index in [0.717, 1.165) is 31.5 Å². The van der Waals surface area contributed by atoms with Gasteiger partial charge in [-0.2, -0.15) is 5.26 Å². The van der Waals surface area contributed by atoms with Crippen LogP contribution in [-0.2, 0) is 4.79 Å². The van der Waals surface area contributed by atoms with Crippen molar-refractivity contribution in [1.82, 2.24) is 10.2 Å². The quantitative estimate of drug-likeness (QED) is 0.925. The average molecular weight is 285 g/mol. The van der Waals surface area contributed by atoms with E-state index in [1.54, 1.807) is 6.07 Å². The van der Waals surface area contributed by atoms with Gasteiger partial charge < -0.3 is 4.90 Å². The first-order valence-corrected chi connectivity index (χ1v) is 7.66. The van der Waals surface area contributed by atoms with Crippen LogP contribution in [0.5, 0.6) is 0 Å². The van der Waals surface area contributed by atoms with Crippen LogP contribution in [-0.4, -0.2) is 29.9 Å². The topological polar surface area (TPSA) is 56.1 Å². The Balaban J connectivity index is 1.96. The van der Waals surface area contributed by atoms with Crippen molar-refractivity contribution < 1.29 is 4.79 Å². The van der Waals surface area contributed by atoms with Crippen LogP contribution in [0.3, 0.4) is 0 Å². The molecule has 1 aliphatic rings. The maximum Gasteiger partial charge on any atom is 0.239 e. The van der Waals surface area contributed by atoms with E-state index in [1.165, 1.54) is 6.42 Å². The first kappa shape index (κ1) is 15.5. The summed E-state index contributed by atoms with van der Waals surface area (Å²) >= 11 is 0. The standard InChI is InChI=1S/C17H23N3O/c1-13(16-8-6-7-15(11-16)12-18)19-14(2)17(21)20-9-4-3-5-10-20/h6-8,11,13-14,19H,3-5,9-10H2,1-2H3. The minimum atomic E-state index is -0.205. The molecule has 2 atom stereocenters. The number of hydrogen-bond donors (Lipinski definition) is 1. The van der Waals surface area contributed by atoms with Crippen LogP contribution in [0.25, 0.3) is 0 Å². The monoisotopic (exact) mass is 285 g/mol. The summed E-state index contributed by atoms with van der Waals surface area (Å²) < 4.78 is 0. The molecule has 1 heterocycles. The van der Waals surface area contributed by atoms with Crippen LogP contribution in [0.15, 0.2) is 24.3 Å². The maximum atomic E-state index is 12.4. The normalized spacial score (nSPS) is 17.9. The fourth-order valence-electron chi connectivity index (χ4n) is 2.81. The summed E-state index contributed by atoms with van der Waals surface area (Å²) in [6, 6.07) is 9.51. The van der Waals surface area contributed by atoms with Gasteiger partial charge in [-0.15, -0.1) is 0 Å². The zero-order valence-electron chi connectivity index (χ0n) is 12.8. The number of hydrogen-bond acceptors (Lipinski definition) is 3. The number of benzene rings is 1. The lowest BCUT2D eigenvalue weighted by atomic mass is 10.0. The summed E-state index contributed by atoms with van der Waals surface area (Å²) in [4.78, 5) is 14.4. The summed E-state index contributed by atoms with van der Waals surface area (Å²) in [7, 11) is 0. The molecule has 4 heteroatoms. The number of nitrogens with one attached hydrogen (secondary N) is 1. The molecule has 0 radical (unpaired) electrons. The first-order valence-electron chi connectivity index (χ1n) is 7.66. The van der Waals surface area contributed by atoms with Crippen molar-refractivity contribution in [1.29, 1.82) is 5.26 Å². The molecule has 112 valence electrons. The summed E-state index contributed by atoms with van der Waals surface area (Å²) in [5.74, 6) is 0.179. The molecule has 1 fully saturated rings. The van der Waals surface area contributed by atoms with Gasteiger partial charge in [-0.05, 0) is 50.8 Å². The lowest BCUT2D eigenvalue weighted by Crippen LogP contribution is -2.47. The van der Waals surface area contributed by atoms with Gasteiger partial charge in [0.2, 0.25) is 5.91 Å². The number of nitriles is 1. The Morgan fingerprint density at radius 1 is 1.29 bits per heavy atom. The van der Waals surface area contributed by atoms with E-state index in [4.69, 9.17) is 5.26 Å². The highest BCUT2D eigenvalue weighted by Crippen LogP contribution is 2.16. The molecule has 4 nitrogen and oxygen atoms in total. The SMILES string of the molecule is CC(NC(C)c1cccc(C#N)c1)C(=O)N1CCCCC1. The Labute approximate surface area is 126 Å². The van der Waals surface area contributed by atoms with Gasteiger partial charge in [0.25, 0.3) is 0 Å². The highest BCUT2D eigenvalue weighted by molar-refractivity contribution is 5.81. The van der Waals surface area contributed by atoms with E-state index in [0.29, 0.717) is 5.56 Å².